The predicted octanol–water partition coefficient (Wildman–Crippen LogP) is 5.79. The van der Waals surface area contributed by atoms with E-state index >= 15 is 0 Å². The molecule has 4 aromatic rings. The largest absolute Gasteiger partial charge is 0.489 e. The smallest absolute Gasteiger partial charge is 0.253 e. The van der Waals surface area contributed by atoms with Gasteiger partial charge in [-0.2, -0.15) is 5.10 Å². The first-order valence-electron chi connectivity index (χ1n) is 12.6. The van der Waals surface area contributed by atoms with Crippen LogP contribution >= 0.6 is 15.9 Å². The molecular formula is C30H31BrN4O2. The first-order chi connectivity index (χ1) is 18.0. The minimum atomic E-state index is 0.0781. The zero-order valence-electron chi connectivity index (χ0n) is 21.2. The van der Waals surface area contributed by atoms with Gasteiger partial charge in [-0.1, -0.05) is 46.3 Å². The number of para-hydroxylation sites is 1. The lowest BCUT2D eigenvalue weighted by molar-refractivity contribution is 0.0627. The van der Waals surface area contributed by atoms with Crippen LogP contribution in [0.3, 0.4) is 0 Å². The lowest BCUT2D eigenvalue weighted by Gasteiger charge is -2.35. The molecule has 1 aliphatic heterocycles. The van der Waals surface area contributed by atoms with Crippen molar-refractivity contribution in [3.8, 4) is 11.4 Å². The molecule has 7 heteroatoms. The van der Waals surface area contributed by atoms with Crippen molar-refractivity contribution in [1.29, 1.82) is 0 Å². The summed E-state index contributed by atoms with van der Waals surface area (Å²) in [6.07, 6.45) is 0. The van der Waals surface area contributed by atoms with E-state index in [-0.39, 0.29) is 5.91 Å². The van der Waals surface area contributed by atoms with Crippen LogP contribution in [-0.4, -0.2) is 51.7 Å². The van der Waals surface area contributed by atoms with Crippen molar-refractivity contribution in [2.24, 2.45) is 0 Å². The van der Waals surface area contributed by atoms with Crippen LogP contribution in [0.25, 0.3) is 5.69 Å². The number of nitrogens with zero attached hydrogens (tertiary/aromatic N) is 4. The molecule has 0 N–H and O–H groups in total. The zero-order valence-corrected chi connectivity index (χ0v) is 22.8. The van der Waals surface area contributed by atoms with Gasteiger partial charge in [0.2, 0.25) is 0 Å². The highest BCUT2D eigenvalue weighted by molar-refractivity contribution is 9.10. The second kappa shape index (κ2) is 11.3. The van der Waals surface area contributed by atoms with Crippen molar-refractivity contribution in [2.75, 3.05) is 26.2 Å². The van der Waals surface area contributed by atoms with Crippen LogP contribution < -0.4 is 4.74 Å². The van der Waals surface area contributed by atoms with Gasteiger partial charge in [0.1, 0.15) is 12.4 Å². The number of benzene rings is 3. The molecule has 3 aromatic carbocycles. The van der Waals surface area contributed by atoms with E-state index in [0.29, 0.717) is 25.3 Å². The molecule has 5 rings (SSSR count). The molecular weight excluding hydrogens is 528 g/mol. The van der Waals surface area contributed by atoms with Crippen molar-refractivity contribution < 1.29 is 9.53 Å². The van der Waals surface area contributed by atoms with E-state index in [0.717, 1.165) is 46.8 Å². The van der Waals surface area contributed by atoms with Crippen molar-refractivity contribution in [2.45, 2.75) is 27.0 Å². The van der Waals surface area contributed by atoms with E-state index in [1.807, 2.05) is 76.3 Å². The van der Waals surface area contributed by atoms with Gasteiger partial charge in [0.05, 0.1) is 11.4 Å². The number of amides is 1. The van der Waals surface area contributed by atoms with E-state index in [2.05, 4.69) is 46.8 Å². The Morgan fingerprint density at radius 2 is 1.65 bits per heavy atom. The molecule has 0 unspecified atom stereocenters. The lowest BCUT2D eigenvalue weighted by atomic mass is 10.1. The minimum absolute atomic E-state index is 0.0781. The number of rotatable bonds is 7. The predicted molar refractivity (Wildman–Crippen MR) is 149 cm³/mol. The van der Waals surface area contributed by atoms with Crippen LogP contribution in [0.5, 0.6) is 5.75 Å². The van der Waals surface area contributed by atoms with Gasteiger partial charge in [0.15, 0.2) is 0 Å². The Kier molecular flexibility index (Phi) is 7.72. The Bertz CT molecular complexity index is 1360. The molecule has 0 saturated carbocycles. The molecule has 6 nitrogen and oxygen atoms in total. The van der Waals surface area contributed by atoms with Gasteiger partial charge in [-0.3, -0.25) is 9.69 Å². The summed E-state index contributed by atoms with van der Waals surface area (Å²) in [7, 11) is 0. The van der Waals surface area contributed by atoms with Crippen LogP contribution in [0.2, 0.25) is 0 Å². The van der Waals surface area contributed by atoms with Crippen LogP contribution in [0.15, 0.2) is 83.3 Å². The summed E-state index contributed by atoms with van der Waals surface area (Å²) >= 11 is 3.44. The lowest BCUT2D eigenvalue weighted by Crippen LogP contribution is -2.48. The third-order valence-corrected chi connectivity index (χ3v) is 7.40. The standard InChI is InChI=1S/C30H31BrN4O2/c1-22-29(23(2)35(32-22)27-9-4-3-5-10-27)20-33-15-17-34(18-16-33)30(36)25-8-6-7-24(19-25)21-37-28-13-11-26(31)12-14-28/h3-14,19H,15-18,20-21H2,1-2H3. The van der Waals surface area contributed by atoms with Crippen molar-refractivity contribution in [3.05, 3.63) is 111 Å². The third kappa shape index (κ3) is 5.95. The fourth-order valence-corrected chi connectivity index (χ4v) is 5.00. The molecule has 1 saturated heterocycles. The molecule has 1 amide bonds. The van der Waals surface area contributed by atoms with Crippen LogP contribution in [0.1, 0.15) is 32.9 Å². The number of piperazine rings is 1. The van der Waals surface area contributed by atoms with E-state index in [1.165, 1.54) is 11.3 Å². The second-order valence-corrected chi connectivity index (χ2v) is 10.3. The fourth-order valence-electron chi connectivity index (χ4n) is 4.73. The highest BCUT2D eigenvalue weighted by Crippen LogP contribution is 2.21. The monoisotopic (exact) mass is 558 g/mol. The molecule has 0 radical (unpaired) electrons. The molecule has 2 heterocycles. The number of carbonyl (C=O) groups is 1. The summed E-state index contributed by atoms with van der Waals surface area (Å²) < 4.78 is 8.93. The van der Waals surface area contributed by atoms with Gasteiger partial charge in [0, 0.05) is 54.0 Å². The fraction of sp³-hybridized carbons (Fsp3) is 0.267. The number of hydrogen-bond donors (Lipinski definition) is 0. The molecule has 0 aliphatic carbocycles. The minimum Gasteiger partial charge on any atom is -0.489 e. The Labute approximate surface area is 226 Å². The Morgan fingerprint density at radius 1 is 0.919 bits per heavy atom. The normalized spacial score (nSPS) is 14.1. The van der Waals surface area contributed by atoms with Crippen molar-refractivity contribution in [1.82, 2.24) is 19.6 Å². The van der Waals surface area contributed by atoms with Crippen LogP contribution in [0.4, 0.5) is 0 Å². The topological polar surface area (TPSA) is 50.6 Å². The van der Waals surface area contributed by atoms with E-state index in [1.54, 1.807) is 0 Å². The summed E-state index contributed by atoms with van der Waals surface area (Å²) in [5.74, 6) is 0.880. The average Bonchev–Trinajstić information content (AvgIpc) is 3.22. The van der Waals surface area contributed by atoms with Gasteiger partial charge in [0.25, 0.3) is 5.91 Å². The highest BCUT2D eigenvalue weighted by atomic mass is 79.9. The molecule has 1 aromatic heterocycles. The summed E-state index contributed by atoms with van der Waals surface area (Å²) in [5, 5.41) is 4.79. The molecule has 37 heavy (non-hydrogen) atoms. The second-order valence-electron chi connectivity index (χ2n) is 9.41. The Hall–Kier alpha value is -3.42. The highest BCUT2D eigenvalue weighted by Gasteiger charge is 2.24. The quantitative estimate of drug-likeness (QED) is 0.288. The number of carbonyl (C=O) groups excluding carboxylic acids is 1. The van der Waals surface area contributed by atoms with Gasteiger partial charge in [-0.05, 0) is 67.9 Å². The SMILES string of the molecule is Cc1nn(-c2ccccc2)c(C)c1CN1CCN(C(=O)c2cccc(COc3ccc(Br)cc3)c2)CC1. The number of aromatic nitrogens is 2. The number of ether oxygens (including phenoxy) is 1. The Morgan fingerprint density at radius 3 is 2.38 bits per heavy atom. The summed E-state index contributed by atoms with van der Waals surface area (Å²) in [6, 6.07) is 25.8. The molecule has 0 bridgehead atoms. The Balaban J connectivity index is 1.17. The van der Waals surface area contributed by atoms with Gasteiger partial charge < -0.3 is 9.64 Å². The number of hydrogen-bond acceptors (Lipinski definition) is 4. The maximum absolute atomic E-state index is 13.2. The molecule has 190 valence electrons. The maximum atomic E-state index is 13.2. The summed E-state index contributed by atoms with van der Waals surface area (Å²) in [4.78, 5) is 17.6. The van der Waals surface area contributed by atoms with Crippen molar-refractivity contribution in [3.63, 3.8) is 0 Å². The van der Waals surface area contributed by atoms with E-state index in [4.69, 9.17) is 9.84 Å². The van der Waals surface area contributed by atoms with E-state index in [9.17, 15) is 4.79 Å². The molecule has 1 aliphatic rings. The van der Waals surface area contributed by atoms with Crippen molar-refractivity contribution >= 4 is 21.8 Å². The van der Waals surface area contributed by atoms with Gasteiger partial charge in [-0.25, -0.2) is 4.68 Å². The first-order valence-corrected chi connectivity index (χ1v) is 13.4. The van der Waals surface area contributed by atoms with Gasteiger partial charge in [-0.15, -0.1) is 0 Å². The van der Waals surface area contributed by atoms with E-state index < -0.39 is 0 Å². The van der Waals surface area contributed by atoms with Gasteiger partial charge >= 0.3 is 0 Å². The average molecular weight is 560 g/mol. The van der Waals surface area contributed by atoms with Crippen LogP contribution in [0, 0.1) is 13.8 Å². The summed E-state index contributed by atoms with van der Waals surface area (Å²) in [6.45, 7) is 8.58. The molecule has 0 atom stereocenters. The molecule has 0 spiro atoms. The first kappa shape index (κ1) is 25.2. The zero-order chi connectivity index (χ0) is 25.8. The molecule has 1 fully saturated rings. The summed E-state index contributed by atoms with van der Waals surface area (Å²) in [5.41, 5.74) is 6.26. The van der Waals surface area contributed by atoms with Crippen LogP contribution in [-0.2, 0) is 13.2 Å². The maximum Gasteiger partial charge on any atom is 0.253 e. The number of aryl methyl sites for hydroxylation is 1. The number of halogens is 1. The third-order valence-electron chi connectivity index (χ3n) is 6.88.